The van der Waals surface area contributed by atoms with Crippen LogP contribution in [0.25, 0.3) is 0 Å². The molecule has 0 aromatic carbocycles. The van der Waals surface area contributed by atoms with Gasteiger partial charge >= 0.3 is 0 Å². The van der Waals surface area contributed by atoms with Gasteiger partial charge in [0, 0.05) is 30.9 Å². The fourth-order valence-electron chi connectivity index (χ4n) is 3.52. The third-order valence-corrected chi connectivity index (χ3v) is 4.79. The first-order chi connectivity index (χ1) is 10.1. The van der Waals surface area contributed by atoms with Crippen molar-refractivity contribution < 1.29 is 4.92 Å². The van der Waals surface area contributed by atoms with E-state index in [0.29, 0.717) is 11.6 Å². The van der Waals surface area contributed by atoms with Crippen molar-refractivity contribution in [2.24, 2.45) is 5.92 Å². The molecule has 3 rings (SSSR count). The predicted octanol–water partition coefficient (Wildman–Crippen LogP) is 2.27. The molecule has 1 N–H and O–H groups in total. The fraction of sp³-hybridized carbons (Fsp3) is 0.667. The van der Waals surface area contributed by atoms with Crippen LogP contribution in [0.1, 0.15) is 31.2 Å². The molecule has 3 heterocycles. The Hall–Kier alpha value is -1.69. The zero-order valence-electron chi connectivity index (χ0n) is 12.4. The van der Waals surface area contributed by atoms with Crippen molar-refractivity contribution in [3.8, 4) is 0 Å². The summed E-state index contributed by atoms with van der Waals surface area (Å²) >= 11 is 0. The smallest absolute Gasteiger partial charge is 0.277 e. The van der Waals surface area contributed by atoms with Crippen molar-refractivity contribution in [1.29, 1.82) is 0 Å². The lowest BCUT2D eigenvalue weighted by atomic mass is 9.88. The van der Waals surface area contributed by atoms with Gasteiger partial charge in [0.05, 0.1) is 11.0 Å². The lowest BCUT2D eigenvalue weighted by Crippen LogP contribution is -2.41. The standard InChI is InChI=1S/C15H22N4O2/c1-11-10-17-15(9-14(11)19(20)21)18-7-4-12(5-8-18)13-3-2-6-16-13/h9-10,12-13,16H,2-8H2,1H3. The molecule has 0 amide bonds. The van der Waals surface area contributed by atoms with E-state index in [1.807, 2.05) is 0 Å². The molecule has 6 heteroatoms. The van der Waals surface area contributed by atoms with Crippen LogP contribution in [-0.2, 0) is 0 Å². The van der Waals surface area contributed by atoms with Gasteiger partial charge in [-0.05, 0) is 45.1 Å². The Morgan fingerprint density at radius 1 is 1.38 bits per heavy atom. The van der Waals surface area contributed by atoms with E-state index in [4.69, 9.17) is 0 Å². The number of aryl methyl sites for hydroxylation is 1. The maximum atomic E-state index is 11.0. The first kappa shape index (κ1) is 14.3. The summed E-state index contributed by atoms with van der Waals surface area (Å²) in [4.78, 5) is 17.3. The fourth-order valence-corrected chi connectivity index (χ4v) is 3.52. The van der Waals surface area contributed by atoms with E-state index in [9.17, 15) is 10.1 Å². The number of nitro groups is 1. The molecular weight excluding hydrogens is 268 g/mol. The number of anilines is 1. The monoisotopic (exact) mass is 290 g/mol. The van der Waals surface area contributed by atoms with Crippen LogP contribution in [0.4, 0.5) is 11.5 Å². The molecule has 0 radical (unpaired) electrons. The van der Waals surface area contributed by atoms with Gasteiger partial charge in [0.1, 0.15) is 5.82 Å². The Morgan fingerprint density at radius 3 is 2.76 bits per heavy atom. The van der Waals surface area contributed by atoms with Crippen LogP contribution in [0.5, 0.6) is 0 Å². The maximum Gasteiger partial charge on any atom is 0.277 e. The zero-order valence-corrected chi connectivity index (χ0v) is 12.4. The predicted molar refractivity (Wildman–Crippen MR) is 81.6 cm³/mol. The summed E-state index contributed by atoms with van der Waals surface area (Å²) in [5.74, 6) is 1.48. The third-order valence-electron chi connectivity index (χ3n) is 4.79. The van der Waals surface area contributed by atoms with Crippen molar-refractivity contribution in [2.75, 3.05) is 24.5 Å². The molecule has 0 saturated carbocycles. The third kappa shape index (κ3) is 3.00. The normalized spacial score (nSPS) is 23.5. The van der Waals surface area contributed by atoms with Crippen molar-refractivity contribution >= 4 is 11.5 Å². The van der Waals surface area contributed by atoms with E-state index >= 15 is 0 Å². The van der Waals surface area contributed by atoms with Crippen LogP contribution in [-0.4, -0.2) is 35.6 Å². The Morgan fingerprint density at radius 2 is 2.14 bits per heavy atom. The van der Waals surface area contributed by atoms with Crippen molar-refractivity contribution in [3.05, 3.63) is 27.9 Å². The molecule has 0 aliphatic carbocycles. The number of rotatable bonds is 3. The van der Waals surface area contributed by atoms with Gasteiger partial charge in [-0.1, -0.05) is 0 Å². The van der Waals surface area contributed by atoms with E-state index < -0.39 is 0 Å². The molecule has 1 unspecified atom stereocenters. The Balaban J connectivity index is 1.66. The molecule has 1 aromatic rings. The summed E-state index contributed by atoms with van der Waals surface area (Å²) in [5, 5.41) is 14.6. The van der Waals surface area contributed by atoms with Crippen LogP contribution in [0.3, 0.4) is 0 Å². The molecule has 0 spiro atoms. The summed E-state index contributed by atoms with van der Waals surface area (Å²) in [5.41, 5.74) is 0.786. The van der Waals surface area contributed by atoms with Gasteiger partial charge in [0.2, 0.25) is 0 Å². The van der Waals surface area contributed by atoms with E-state index in [2.05, 4.69) is 15.2 Å². The highest BCUT2D eigenvalue weighted by molar-refractivity contribution is 5.50. The number of aromatic nitrogens is 1. The molecule has 0 bridgehead atoms. The highest BCUT2D eigenvalue weighted by Gasteiger charge is 2.29. The molecule has 114 valence electrons. The molecule has 21 heavy (non-hydrogen) atoms. The van der Waals surface area contributed by atoms with Gasteiger partial charge in [-0.2, -0.15) is 0 Å². The topological polar surface area (TPSA) is 71.3 Å². The number of hydrogen-bond acceptors (Lipinski definition) is 5. The number of piperidine rings is 1. The summed E-state index contributed by atoms with van der Waals surface area (Å²) in [6.07, 6.45) is 6.47. The summed E-state index contributed by atoms with van der Waals surface area (Å²) in [6, 6.07) is 2.29. The zero-order chi connectivity index (χ0) is 14.8. The van der Waals surface area contributed by atoms with E-state index in [1.165, 1.54) is 12.8 Å². The Bertz CT molecular complexity index is 520. The quantitative estimate of drug-likeness (QED) is 0.683. The van der Waals surface area contributed by atoms with Crippen molar-refractivity contribution in [1.82, 2.24) is 10.3 Å². The van der Waals surface area contributed by atoms with Gasteiger partial charge in [-0.25, -0.2) is 4.98 Å². The largest absolute Gasteiger partial charge is 0.356 e. The van der Waals surface area contributed by atoms with Crippen LogP contribution in [0.2, 0.25) is 0 Å². The van der Waals surface area contributed by atoms with Gasteiger partial charge < -0.3 is 10.2 Å². The van der Waals surface area contributed by atoms with Crippen LogP contribution in [0, 0.1) is 23.0 Å². The number of nitrogens with zero attached hydrogens (tertiary/aromatic N) is 3. The lowest BCUT2D eigenvalue weighted by Gasteiger charge is -2.35. The molecule has 6 nitrogen and oxygen atoms in total. The molecule has 2 aliphatic heterocycles. The van der Waals surface area contributed by atoms with Gasteiger partial charge in [0.25, 0.3) is 5.69 Å². The molecule has 1 aromatic heterocycles. The molecule has 2 fully saturated rings. The first-order valence-electron chi connectivity index (χ1n) is 7.74. The highest BCUT2D eigenvalue weighted by atomic mass is 16.6. The van der Waals surface area contributed by atoms with E-state index in [0.717, 1.165) is 44.2 Å². The number of nitrogens with one attached hydrogen (secondary N) is 1. The molecule has 2 saturated heterocycles. The first-order valence-corrected chi connectivity index (χ1v) is 7.74. The van der Waals surface area contributed by atoms with Crippen molar-refractivity contribution in [2.45, 2.75) is 38.6 Å². The van der Waals surface area contributed by atoms with Crippen LogP contribution >= 0.6 is 0 Å². The molecular formula is C15H22N4O2. The average molecular weight is 290 g/mol. The van der Waals surface area contributed by atoms with Gasteiger partial charge in [-0.15, -0.1) is 0 Å². The van der Waals surface area contributed by atoms with Gasteiger partial charge in [-0.3, -0.25) is 10.1 Å². The SMILES string of the molecule is Cc1cnc(N2CCC(C3CCCN3)CC2)cc1[N+](=O)[O-]. The second-order valence-corrected chi connectivity index (χ2v) is 6.11. The summed E-state index contributed by atoms with van der Waals surface area (Å²) in [7, 11) is 0. The second-order valence-electron chi connectivity index (χ2n) is 6.11. The Kier molecular flexibility index (Phi) is 4.05. The Labute approximate surface area is 124 Å². The molecule has 2 aliphatic rings. The van der Waals surface area contributed by atoms with Crippen LogP contribution in [0.15, 0.2) is 12.3 Å². The number of hydrogen-bond donors (Lipinski definition) is 1. The van der Waals surface area contributed by atoms with Crippen molar-refractivity contribution in [3.63, 3.8) is 0 Å². The maximum absolute atomic E-state index is 11.0. The minimum atomic E-state index is -0.324. The second kappa shape index (κ2) is 5.97. The minimum Gasteiger partial charge on any atom is -0.356 e. The average Bonchev–Trinajstić information content (AvgIpc) is 3.02. The van der Waals surface area contributed by atoms with E-state index in [1.54, 1.807) is 19.2 Å². The summed E-state index contributed by atoms with van der Waals surface area (Å²) in [6.45, 7) is 4.76. The number of pyridine rings is 1. The molecule has 1 atom stereocenters. The highest BCUT2D eigenvalue weighted by Crippen LogP contribution is 2.29. The lowest BCUT2D eigenvalue weighted by molar-refractivity contribution is -0.385. The summed E-state index contributed by atoms with van der Waals surface area (Å²) < 4.78 is 0. The van der Waals surface area contributed by atoms with E-state index in [-0.39, 0.29) is 10.6 Å². The minimum absolute atomic E-state index is 0.166. The van der Waals surface area contributed by atoms with Crippen LogP contribution < -0.4 is 10.2 Å². The van der Waals surface area contributed by atoms with Gasteiger partial charge in [0.15, 0.2) is 0 Å².